The van der Waals surface area contributed by atoms with Crippen LogP contribution in [0.1, 0.15) is 24.0 Å². The molecule has 2 aromatic rings. The summed E-state index contributed by atoms with van der Waals surface area (Å²) in [6.07, 6.45) is 4.24. The Morgan fingerprint density at radius 3 is 2.78 bits per heavy atom. The molecule has 1 aliphatic rings. The fourth-order valence-electron chi connectivity index (χ4n) is 2.82. The molecule has 23 heavy (non-hydrogen) atoms. The highest BCUT2D eigenvalue weighted by atomic mass is 19.1. The van der Waals surface area contributed by atoms with Crippen molar-refractivity contribution in [2.75, 3.05) is 11.9 Å². The molecular formula is C18H17F2NO2. The van der Waals surface area contributed by atoms with Crippen LogP contribution in [0.5, 0.6) is 5.75 Å². The maximum absolute atomic E-state index is 13.5. The molecule has 0 fully saturated rings. The van der Waals surface area contributed by atoms with Gasteiger partial charge in [-0.25, -0.2) is 8.78 Å². The minimum absolute atomic E-state index is 0.142. The number of nitrogens with one attached hydrogen (secondary N) is 1. The average Bonchev–Trinajstić information content (AvgIpc) is 2.54. The van der Waals surface area contributed by atoms with E-state index in [4.69, 9.17) is 4.74 Å². The van der Waals surface area contributed by atoms with Gasteiger partial charge in [-0.2, -0.15) is 0 Å². The van der Waals surface area contributed by atoms with Crippen molar-refractivity contribution >= 4 is 11.6 Å². The first-order valence-corrected chi connectivity index (χ1v) is 7.62. The van der Waals surface area contributed by atoms with Crippen molar-refractivity contribution < 1.29 is 18.3 Å². The second-order valence-electron chi connectivity index (χ2n) is 5.56. The summed E-state index contributed by atoms with van der Waals surface area (Å²) < 4.78 is 31.4. The van der Waals surface area contributed by atoms with E-state index in [0.717, 1.165) is 43.5 Å². The fourth-order valence-corrected chi connectivity index (χ4v) is 2.82. The van der Waals surface area contributed by atoms with E-state index in [1.807, 2.05) is 12.1 Å². The van der Waals surface area contributed by atoms with Crippen molar-refractivity contribution in [3.05, 3.63) is 59.2 Å². The predicted molar refractivity (Wildman–Crippen MR) is 83.6 cm³/mol. The number of anilines is 1. The van der Waals surface area contributed by atoms with Crippen molar-refractivity contribution in [3.8, 4) is 5.75 Å². The van der Waals surface area contributed by atoms with Gasteiger partial charge in [0.2, 0.25) is 0 Å². The smallest absolute Gasteiger partial charge is 0.262 e. The second-order valence-corrected chi connectivity index (χ2v) is 5.56. The van der Waals surface area contributed by atoms with E-state index in [9.17, 15) is 13.6 Å². The number of rotatable bonds is 4. The zero-order chi connectivity index (χ0) is 16.2. The van der Waals surface area contributed by atoms with E-state index in [-0.39, 0.29) is 18.3 Å². The number of fused-ring (bicyclic) bond motifs is 1. The van der Waals surface area contributed by atoms with Gasteiger partial charge in [-0.1, -0.05) is 12.1 Å². The lowest BCUT2D eigenvalue weighted by molar-refractivity contribution is -0.118. The molecule has 0 spiro atoms. The van der Waals surface area contributed by atoms with Crippen LogP contribution in [-0.2, 0) is 17.6 Å². The number of hydrogen-bond donors (Lipinski definition) is 1. The van der Waals surface area contributed by atoms with Gasteiger partial charge in [0.15, 0.2) is 18.2 Å². The molecule has 0 bridgehead atoms. The van der Waals surface area contributed by atoms with Crippen molar-refractivity contribution in [2.45, 2.75) is 25.7 Å². The van der Waals surface area contributed by atoms with Gasteiger partial charge in [0.25, 0.3) is 5.91 Å². The number of hydrogen-bond acceptors (Lipinski definition) is 2. The Labute approximate surface area is 133 Å². The molecule has 1 N–H and O–H groups in total. The second kappa shape index (κ2) is 6.77. The zero-order valence-electron chi connectivity index (χ0n) is 12.6. The van der Waals surface area contributed by atoms with E-state index >= 15 is 0 Å². The van der Waals surface area contributed by atoms with Crippen molar-refractivity contribution in [2.24, 2.45) is 0 Å². The van der Waals surface area contributed by atoms with Crippen molar-refractivity contribution in [1.29, 1.82) is 0 Å². The Morgan fingerprint density at radius 1 is 1.13 bits per heavy atom. The molecule has 2 aromatic carbocycles. The van der Waals surface area contributed by atoms with Gasteiger partial charge in [0, 0.05) is 11.8 Å². The number of ether oxygens (including phenoxy) is 1. The van der Waals surface area contributed by atoms with E-state index in [0.29, 0.717) is 0 Å². The van der Waals surface area contributed by atoms with E-state index in [1.54, 1.807) is 0 Å². The third-order valence-electron chi connectivity index (χ3n) is 3.92. The molecule has 0 saturated heterocycles. The quantitative estimate of drug-likeness (QED) is 0.930. The van der Waals surface area contributed by atoms with Gasteiger partial charge in [0.05, 0.1) is 0 Å². The molecule has 0 aromatic heterocycles. The lowest BCUT2D eigenvalue weighted by Crippen LogP contribution is -2.22. The first-order chi connectivity index (χ1) is 11.1. The molecule has 3 rings (SSSR count). The molecule has 0 aliphatic heterocycles. The van der Waals surface area contributed by atoms with Gasteiger partial charge in [-0.15, -0.1) is 0 Å². The van der Waals surface area contributed by atoms with Gasteiger partial charge >= 0.3 is 0 Å². The van der Waals surface area contributed by atoms with E-state index in [2.05, 4.69) is 11.4 Å². The molecule has 1 aliphatic carbocycles. The largest absolute Gasteiger partial charge is 0.481 e. The van der Waals surface area contributed by atoms with Gasteiger partial charge < -0.3 is 10.1 Å². The van der Waals surface area contributed by atoms with Crippen LogP contribution in [0.25, 0.3) is 0 Å². The highest BCUT2D eigenvalue weighted by molar-refractivity contribution is 5.92. The summed E-state index contributed by atoms with van der Waals surface area (Å²) in [5.74, 6) is -2.02. The summed E-state index contributed by atoms with van der Waals surface area (Å²) in [6.45, 7) is -0.327. The monoisotopic (exact) mass is 317 g/mol. The summed E-state index contributed by atoms with van der Waals surface area (Å²) >= 11 is 0. The fraction of sp³-hybridized carbons (Fsp3) is 0.278. The topological polar surface area (TPSA) is 38.3 Å². The Balaban J connectivity index is 1.64. The van der Waals surface area contributed by atoms with Crippen LogP contribution in [0.2, 0.25) is 0 Å². The zero-order valence-corrected chi connectivity index (χ0v) is 12.6. The van der Waals surface area contributed by atoms with Crippen LogP contribution in [-0.4, -0.2) is 12.5 Å². The molecule has 3 nitrogen and oxygen atoms in total. The third kappa shape index (κ3) is 3.67. The van der Waals surface area contributed by atoms with Crippen LogP contribution in [0, 0.1) is 11.6 Å². The normalized spacial score (nSPS) is 13.3. The van der Waals surface area contributed by atoms with Gasteiger partial charge in [-0.3, -0.25) is 4.79 Å². The van der Waals surface area contributed by atoms with Gasteiger partial charge in [0.1, 0.15) is 5.82 Å². The highest BCUT2D eigenvalue weighted by Gasteiger charge is 2.15. The van der Waals surface area contributed by atoms with Crippen LogP contribution in [0.3, 0.4) is 0 Å². The Kier molecular flexibility index (Phi) is 4.55. The lowest BCUT2D eigenvalue weighted by atomic mass is 9.90. The van der Waals surface area contributed by atoms with E-state index in [1.165, 1.54) is 17.2 Å². The number of benzene rings is 2. The Hall–Kier alpha value is -2.43. The SMILES string of the molecule is O=C(COc1ccc(F)cc1F)Nc1cccc2c1CCCC2. The summed E-state index contributed by atoms with van der Waals surface area (Å²) in [5, 5.41) is 2.81. The molecule has 0 saturated carbocycles. The molecule has 120 valence electrons. The number of carbonyl (C=O) groups is 1. The predicted octanol–water partition coefficient (Wildman–Crippen LogP) is 3.86. The highest BCUT2D eigenvalue weighted by Crippen LogP contribution is 2.27. The van der Waals surface area contributed by atoms with Crippen molar-refractivity contribution in [1.82, 2.24) is 0 Å². The molecule has 0 unspecified atom stereocenters. The van der Waals surface area contributed by atoms with Crippen molar-refractivity contribution in [3.63, 3.8) is 0 Å². The Bertz CT molecular complexity index is 731. The lowest BCUT2D eigenvalue weighted by Gasteiger charge is -2.19. The Morgan fingerprint density at radius 2 is 1.96 bits per heavy atom. The third-order valence-corrected chi connectivity index (χ3v) is 3.92. The average molecular weight is 317 g/mol. The van der Waals surface area contributed by atoms with Crippen LogP contribution >= 0.6 is 0 Å². The molecule has 0 atom stereocenters. The number of carbonyl (C=O) groups excluding carboxylic acids is 1. The van der Waals surface area contributed by atoms with Crippen LogP contribution in [0.4, 0.5) is 14.5 Å². The maximum Gasteiger partial charge on any atom is 0.262 e. The molecule has 1 amide bonds. The van der Waals surface area contributed by atoms with Crippen LogP contribution in [0.15, 0.2) is 36.4 Å². The minimum Gasteiger partial charge on any atom is -0.481 e. The summed E-state index contributed by atoms with van der Waals surface area (Å²) in [7, 11) is 0. The standard InChI is InChI=1S/C18H17F2NO2/c19-13-8-9-17(15(20)10-13)23-11-18(22)21-16-7-3-5-12-4-1-2-6-14(12)16/h3,5,7-10H,1-2,4,6,11H2,(H,21,22). The number of amides is 1. The molecule has 0 heterocycles. The maximum atomic E-state index is 13.5. The molecular weight excluding hydrogens is 300 g/mol. The van der Waals surface area contributed by atoms with E-state index < -0.39 is 11.6 Å². The minimum atomic E-state index is -0.824. The molecule has 5 heteroatoms. The van der Waals surface area contributed by atoms with Crippen LogP contribution < -0.4 is 10.1 Å². The number of halogens is 2. The molecule has 0 radical (unpaired) electrons. The first kappa shape index (κ1) is 15.5. The van der Waals surface area contributed by atoms with Gasteiger partial charge in [-0.05, 0) is 55.0 Å². The summed E-state index contributed by atoms with van der Waals surface area (Å²) in [4.78, 5) is 12.0. The number of aryl methyl sites for hydroxylation is 1. The summed E-state index contributed by atoms with van der Waals surface area (Å²) in [5.41, 5.74) is 3.22. The summed E-state index contributed by atoms with van der Waals surface area (Å²) in [6, 6.07) is 8.84. The first-order valence-electron chi connectivity index (χ1n) is 7.62.